The molecule has 7 nitrogen and oxygen atoms in total. The zero-order valence-electron chi connectivity index (χ0n) is 17.3. The first-order chi connectivity index (χ1) is 15.5. The van der Waals surface area contributed by atoms with E-state index in [1.807, 2.05) is 25.2 Å². The SMILES string of the molecule is Cn1ncc(/C=C/C(=O)Nc2ccc(CO[P+](=O)O)cc2)c1-c1cccc2ccccc12. The van der Waals surface area contributed by atoms with Crippen LogP contribution in [0, 0.1) is 0 Å². The van der Waals surface area contributed by atoms with Crippen LogP contribution in [-0.4, -0.2) is 20.6 Å². The van der Waals surface area contributed by atoms with Gasteiger partial charge in [-0.05, 0) is 34.5 Å². The highest BCUT2D eigenvalue weighted by Crippen LogP contribution is 2.31. The van der Waals surface area contributed by atoms with E-state index in [0.717, 1.165) is 33.2 Å². The number of aromatic nitrogens is 2. The number of nitrogens with one attached hydrogen (secondary N) is 1. The zero-order chi connectivity index (χ0) is 22.5. The highest BCUT2D eigenvalue weighted by molar-refractivity contribution is 7.32. The predicted octanol–water partition coefficient (Wildman–Crippen LogP) is 5.06. The Hall–Kier alpha value is -3.64. The number of hydrogen-bond acceptors (Lipinski definition) is 4. The van der Waals surface area contributed by atoms with Gasteiger partial charge in [-0.25, -0.2) is 0 Å². The van der Waals surface area contributed by atoms with Gasteiger partial charge in [0.1, 0.15) is 6.61 Å². The Morgan fingerprint density at radius 2 is 1.88 bits per heavy atom. The standard InChI is InChI=1S/C24H20N3O4P/c1-27-24(22-8-4-6-18-5-2-3-7-21(18)22)19(15-25-27)11-14-23(28)26-20-12-9-17(10-13-20)16-31-32(29)30/h2-15H,16H2,1H3,(H-,26,28,29,30)/p+1/b14-11+. The average Bonchev–Trinajstić information content (AvgIpc) is 3.17. The second kappa shape index (κ2) is 9.66. The maximum atomic E-state index is 12.4. The van der Waals surface area contributed by atoms with Crippen molar-refractivity contribution < 1.29 is 18.8 Å². The van der Waals surface area contributed by atoms with E-state index in [-0.39, 0.29) is 12.5 Å². The van der Waals surface area contributed by atoms with Gasteiger partial charge in [0.05, 0.1) is 11.9 Å². The van der Waals surface area contributed by atoms with E-state index in [1.54, 1.807) is 41.2 Å². The molecular weight excluding hydrogens is 425 g/mol. The summed E-state index contributed by atoms with van der Waals surface area (Å²) in [6.07, 6.45) is 4.96. The molecule has 0 radical (unpaired) electrons. The fourth-order valence-corrected chi connectivity index (χ4v) is 3.76. The highest BCUT2D eigenvalue weighted by atomic mass is 31.1. The van der Waals surface area contributed by atoms with E-state index in [9.17, 15) is 9.36 Å². The molecule has 160 valence electrons. The number of amides is 1. The molecule has 0 aliphatic carbocycles. The number of hydrogen-bond donors (Lipinski definition) is 2. The second-order valence-electron chi connectivity index (χ2n) is 7.13. The van der Waals surface area contributed by atoms with Crippen LogP contribution in [0.15, 0.2) is 79.0 Å². The molecule has 4 aromatic rings. The Labute approximate surface area is 185 Å². The molecule has 0 saturated carbocycles. The van der Waals surface area contributed by atoms with E-state index in [4.69, 9.17) is 4.89 Å². The first-order valence-corrected chi connectivity index (χ1v) is 11.0. The topological polar surface area (TPSA) is 93.5 Å². The molecule has 0 aliphatic heterocycles. The van der Waals surface area contributed by atoms with E-state index >= 15 is 0 Å². The van der Waals surface area contributed by atoms with Crippen LogP contribution in [0.1, 0.15) is 11.1 Å². The summed E-state index contributed by atoms with van der Waals surface area (Å²) in [6.45, 7) is 0.0256. The monoisotopic (exact) mass is 446 g/mol. The lowest BCUT2D eigenvalue weighted by atomic mass is 10.00. The number of carbonyl (C=O) groups is 1. The van der Waals surface area contributed by atoms with Crippen molar-refractivity contribution in [1.29, 1.82) is 0 Å². The Balaban J connectivity index is 1.51. The molecule has 2 N–H and O–H groups in total. The van der Waals surface area contributed by atoms with Crippen LogP contribution in [0.2, 0.25) is 0 Å². The molecule has 3 aromatic carbocycles. The minimum absolute atomic E-state index is 0.0256. The molecule has 8 heteroatoms. The van der Waals surface area contributed by atoms with Crippen molar-refractivity contribution in [3.05, 3.63) is 90.1 Å². The molecule has 0 spiro atoms. The number of aryl methyl sites for hydroxylation is 1. The molecule has 1 unspecified atom stereocenters. The van der Waals surface area contributed by atoms with Crippen molar-refractivity contribution in [3.63, 3.8) is 0 Å². The third-order valence-corrected chi connectivity index (χ3v) is 5.34. The molecule has 1 amide bonds. The lowest BCUT2D eigenvalue weighted by molar-refractivity contribution is -0.111. The Morgan fingerprint density at radius 1 is 1.12 bits per heavy atom. The van der Waals surface area contributed by atoms with Gasteiger partial charge in [-0.2, -0.15) is 5.10 Å². The van der Waals surface area contributed by atoms with Crippen LogP contribution in [0.4, 0.5) is 5.69 Å². The molecule has 0 saturated heterocycles. The Bertz CT molecular complexity index is 1310. The lowest BCUT2D eigenvalue weighted by Crippen LogP contribution is -2.07. The van der Waals surface area contributed by atoms with Crippen LogP contribution >= 0.6 is 8.25 Å². The number of rotatable bonds is 7. The van der Waals surface area contributed by atoms with Gasteiger partial charge in [-0.1, -0.05) is 54.6 Å². The summed E-state index contributed by atoms with van der Waals surface area (Å²) in [5, 5.41) is 9.44. The normalized spacial score (nSPS) is 11.8. The fourth-order valence-electron chi connectivity index (χ4n) is 3.50. The number of nitrogens with zero attached hydrogens (tertiary/aromatic N) is 2. The Morgan fingerprint density at radius 3 is 2.66 bits per heavy atom. The van der Waals surface area contributed by atoms with Gasteiger partial charge in [0.25, 0.3) is 0 Å². The summed E-state index contributed by atoms with van der Waals surface area (Å²) >= 11 is 0. The van der Waals surface area contributed by atoms with Gasteiger partial charge in [0.15, 0.2) is 0 Å². The van der Waals surface area contributed by atoms with Gasteiger partial charge in [-0.3, -0.25) is 9.48 Å². The molecule has 0 bridgehead atoms. The summed E-state index contributed by atoms with van der Waals surface area (Å²) in [5.74, 6) is -0.278. The van der Waals surface area contributed by atoms with Gasteiger partial charge >= 0.3 is 8.25 Å². The molecular formula is C24H21N3O4P+. The van der Waals surface area contributed by atoms with Crippen LogP contribution in [0.3, 0.4) is 0 Å². The summed E-state index contributed by atoms with van der Waals surface area (Å²) in [6, 6.07) is 21.1. The average molecular weight is 446 g/mol. The summed E-state index contributed by atoms with van der Waals surface area (Å²) in [5.41, 5.74) is 4.15. The minimum atomic E-state index is -2.64. The number of anilines is 1. The molecule has 1 aromatic heterocycles. The molecule has 1 heterocycles. The van der Waals surface area contributed by atoms with Crippen molar-refractivity contribution in [3.8, 4) is 11.3 Å². The zero-order valence-corrected chi connectivity index (χ0v) is 18.2. The Kier molecular flexibility index (Phi) is 6.52. The molecule has 32 heavy (non-hydrogen) atoms. The maximum Gasteiger partial charge on any atom is 0.695 e. The van der Waals surface area contributed by atoms with Crippen molar-refractivity contribution >= 4 is 36.7 Å². The van der Waals surface area contributed by atoms with Crippen molar-refractivity contribution in [2.45, 2.75) is 6.61 Å². The van der Waals surface area contributed by atoms with Crippen molar-refractivity contribution in [1.82, 2.24) is 9.78 Å². The second-order valence-corrected chi connectivity index (χ2v) is 7.86. The predicted molar refractivity (Wildman–Crippen MR) is 125 cm³/mol. The minimum Gasteiger partial charge on any atom is -0.323 e. The molecule has 1 atom stereocenters. The molecule has 0 fully saturated rings. The third-order valence-electron chi connectivity index (χ3n) is 4.99. The van der Waals surface area contributed by atoms with Gasteiger partial charge in [0, 0.05) is 34.5 Å². The van der Waals surface area contributed by atoms with Gasteiger partial charge < -0.3 is 5.32 Å². The maximum absolute atomic E-state index is 12.4. The van der Waals surface area contributed by atoms with Gasteiger partial charge in [-0.15, -0.1) is 9.42 Å². The molecule has 0 aliphatic rings. The highest BCUT2D eigenvalue weighted by Gasteiger charge is 2.13. The summed E-state index contributed by atoms with van der Waals surface area (Å²) in [7, 11) is -0.755. The number of fused-ring (bicyclic) bond motifs is 1. The van der Waals surface area contributed by atoms with E-state index in [2.05, 4.69) is 39.2 Å². The van der Waals surface area contributed by atoms with Crippen molar-refractivity contribution in [2.24, 2.45) is 7.05 Å². The fraction of sp³-hybridized carbons (Fsp3) is 0.0833. The summed E-state index contributed by atoms with van der Waals surface area (Å²) in [4.78, 5) is 21.1. The van der Waals surface area contributed by atoms with E-state index in [0.29, 0.717) is 5.69 Å². The van der Waals surface area contributed by atoms with Crippen LogP contribution in [-0.2, 0) is 27.5 Å². The first kappa shape index (κ1) is 21.6. The third kappa shape index (κ3) is 4.98. The largest absolute Gasteiger partial charge is 0.695 e. The number of benzene rings is 3. The van der Waals surface area contributed by atoms with Crippen LogP contribution in [0.25, 0.3) is 28.1 Å². The smallest absolute Gasteiger partial charge is 0.323 e. The number of carbonyl (C=O) groups excluding carboxylic acids is 1. The molecule has 4 rings (SSSR count). The van der Waals surface area contributed by atoms with E-state index in [1.165, 1.54) is 6.08 Å². The van der Waals surface area contributed by atoms with Crippen LogP contribution < -0.4 is 5.32 Å². The van der Waals surface area contributed by atoms with Crippen molar-refractivity contribution in [2.75, 3.05) is 5.32 Å². The van der Waals surface area contributed by atoms with Gasteiger partial charge in [0.2, 0.25) is 5.91 Å². The van der Waals surface area contributed by atoms with E-state index < -0.39 is 8.25 Å². The first-order valence-electron chi connectivity index (χ1n) is 9.88. The quantitative estimate of drug-likeness (QED) is 0.306. The van der Waals surface area contributed by atoms with Crippen LogP contribution in [0.5, 0.6) is 0 Å². The lowest BCUT2D eigenvalue weighted by Gasteiger charge is -2.08. The summed E-state index contributed by atoms with van der Waals surface area (Å²) < 4.78 is 17.1.